The van der Waals surface area contributed by atoms with E-state index in [1.165, 1.54) is 33.5 Å². The van der Waals surface area contributed by atoms with Crippen LogP contribution in [0.4, 0.5) is 5.69 Å². The number of hydrogen-bond acceptors (Lipinski definition) is 4. The van der Waals surface area contributed by atoms with Crippen molar-refractivity contribution in [2.24, 2.45) is 5.92 Å². The summed E-state index contributed by atoms with van der Waals surface area (Å²) in [6, 6.07) is 24.8. The average molecular weight is 400 g/mol. The van der Waals surface area contributed by atoms with Crippen molar-refractivity contribution in [2.75, 3.05) is 18.6 Å². The maximum absolute atomic E-state index is 5.33. The SMILES string of the molecule is COc1ccc(CN2CC3C(c4ccc(C)cc4)NNC3c3cc(C)ccc32)cc1. The molecule has 2 heterocycles. The highest BCUT2D eigenvalue weighted by atomic mass is 16.5. The maximum atomic E-state index is 5.33. The normalized spacial score (nSPS) is 22.5. The molecule has 3 atom stereocenters. The van der Waals surface area contributed by atoms with E-state index in [1.807, 2.05) is 12.1 Å². The molecule has 1 saturated heterocycles. The van der Waals surface area contributed by atoms with Gasteiger partial charge in [0.1, 0.15) is 5.75 Å². The Morgan fingerprint density at radius 3 is 2.30 bits per heavy atom. The summed E-state index contributed by atoms with van der Waals surface area (Å²) in [6.45, 7) is 6.22. The number of aryl methyl sites for hydroxylation is 2. The minimum atomic E-state index is 0.294. The van der Waals surface area contributed by atoms with Crippen molar-refractivity contribution in [3.63, 3.8) is 0 Å². The highest BCUT2D eigenvalue weighted by Crippen LogP contribution is 2.45. The van der Waals surface area contributed by atoms with E-state index in [0.29, 0.717) is 18.0 Å². The van der Waals surface area contributed by atoms with Gasteiger partial charge in [-0.05, 0) is 48.7 Å². The zero-order chi connectivity index (χ0) is 20.7. The molecule has 0 bridgehead atoms. The molecular weight excluding hydrogens is 370 g/mol. The van der Waals surface area contributed by atoms with Crippen molar-refractivity contribution in [1.82, 2.24) is 10.9 Å². The van der Waals surface area contributed by atoms with Gasteiger partial charge in [-0.15, -0.1) is 0 Å². The second-order valence-corrected chi connectivity index (χ2v) is 8.61. The van der Waals surface area contributed by atoms with Gasteiger partial charge in [0.15, 0.2) is 0 Å². The molecule has 0 spiro atoms. The summed E-state index contributed by atoms with van der Waals surface area (Å²) in [7, 11) is 1.71. The predicted octanol–water partition coefficient (Wildman–Crippen LogP) is 4.84. The maximum Gasteiger partial charge on any atom is 0.118 e. The van der Waals surface area contributed by atoms with E-state index in [0.717, 1.165) is 18.8 Å². The molecule has 0 amide bonds. The number of nitrogens with one attached hydrogen (secondary N) is 2. The average Bonchev–Trinajstić information content (AvgIpc) is 3.19. The summed E-state index contributed by atoms with van der Waals surface area (Å²) in [6.07, 6.45) is 0. The highest BCUT2D eigenvalue weighted by molar-refractivity contribution is 5.60. The number of ether oxygens (including phenoxy) is 1. The van der Waals surface area contributed by atoms with Gasteiger partial charge in [-0.3, -0.25) is 0 Å². The fraction of sp³-hybridized carbons (Fsp3) is 0.308. The van der Waals surface area contributed by atoms with Crippen LogP contribution in [0.1, 0.15) is 39.9 Å². The number of anilines is 1. The van der Waals surface area contributed by atoms with Crippen LogP contribution in [0.3, 0.4) is 0 Å². The van der Waals surface area contributed by atoms with Crippen molar-refractivity contribution in [1.29, 1.82) is 0 Å². The third-order valence-corrected chi connectivity index (χ3v) is 6.51. The zero-order valence-corrected chi connectivity index (χ0v) is 17.9. The van der Waals surface area contributed by atoms with E-state index in [-0.39, 0.29) is 0 Å². The molecule has 30 heavy (non-hydrogen) atoms. The Bertz CT molecular complexity index is 1030. The number of fused-ring (bicyclic) bond motifs is 3. The van der Waals surface area contributed by atoms with E-state index in [4.69, 9.17) is 4.74 Å². The van der Waals surface area contributed by atoms with Gasteiger partial charge < -0.3 is 9.64 Å². The Morgan fingerprint density at radius 2 is 1.57 bits per heavy atom. The second kappa shape index (κ2) is 7.78. The van der Waals surface area contributed by atoms with Crippen LogP contribution in [0.5, 0.6) is 5.75 Å². The lowest BCUT2D eigenvalue weighted by atomic mass is 9.81. The van der Waals surface area contributed by atoms with E-state index in [1.54, 1.807) is 7.11 Å². The molecule has 5 rings (SSSR count). The van der Waals surface area contributed by atoms with Gasteiger partial charge in [-0.25, -0.2) is 10.9 Å². The number of benzene rings is 3. The van der Waals surface area contributed by atoms with Gasteiger partial charge in [0.05, 0.1) is 19.2 Å². The standard InChI is InChI=1S/C26H29N3O/c1-17-4-9-20(10-5-17)25-23-16-29(15-19-7-11-21(30-3)12-8-19)24-13-6-18(2)14-22(24)26(23)28-27-25/h4-14,23,25-28H,15-16H2,1-3H3. The van der Waals surface area contributed by atoms with E-state index >= 15 is 0 Å². The van der Waals surface area contributed by atoms with Gasteiger partial charge in [0.25, 0.3) is 0 Å². The number of nitrogens with zero attached hydrogens (tertiary/aromatic N) is 1. The number of hydrogen-bond donors (Lipinski definition) is 2. The molecule has 0 aromatic heterocycles. The topological polar surface area (TPSA) is 36.5 Å². The summed E-state index contributed by atoms with van der Waals surface area (Å²) >= 11 is 0. The minimum Gasteiger partial charge on any atom is -0.497 e. The van der Waals surface area contributed by atoms with Gasteiger partial charge in [-0.1, -0.05) is 59.7 Å². The first kappa shape index (κ1) is 19.2. The lowest BCUT2D eigenvalue weighted by molar-refractivity contribution is 0.401. The summed E-state index contributed by atoms with van der Waals surface area (Å²) in [5.41, 5.74) is 15.2. The number of hydrazine groups is 1. The predicted molar refractivity (Wildman–Crippen MR) is 122 cm³/mol. The second-order valence-electron chi connectivity index (χ2n) is 8.61. The van der Waals surface area contributed by atoms with Crippen molar-refractivity contribution < 1.29 is 4.74 Å². The third kappa shape index (κ3) is 3.47. The van der Waals surface area contributed by atoms with Crippen LogP contribution >= 0.6 is 0 Å². The Hall–Kier alpha value is -2.82. The fourth-order valence-corrected chi connectivity index (χ4v) is 4.87. The van der Waals surface area contributed by atoms with Crippen molar-refractivity contribution >= 4 is 5.69 Å². The molecule has 0 saturated carbocycles. The van der Waals surface area contributed by atoms with E-state index in [9.17, 15) is 0 Å². The molecule has 3 unspecified atom stereocenters. The van der Waals surface area contributed by atoms with Crippen LogP contribution in [0.2, 0.25) is 0 Å². The number of rotatable bonds is 4. The van der Waals surface area contributed by atoms with Gasteiger partial charge in [0.2, 0.25) is 0 Å². The van der Waals surface area contributed by atoms with Crippen molar-refractivity contribution in [2.45, 2.75) is 32.5 Å². The van der Waals surface area contributed by atoms with Gasteiger partial charge in [-0.2, -0.15) is 0 Å². The first-order valence-electron chi connectivity index (χ1n) is 10.7. The van der Waals surface area contributed by atoms with Gasteiger partial charge in [0, 0.05) is 24.7 Å². The molecule has 4 nitrogen and oxygen atoms in total. The zero-order valence-electron chi connectivity index (χ0n) is 17.9. The molecule has 1 fully saturated rings. The third-order valence-electron chi connectivity index (χ3n) is 6.51. The molecule has 0 radical (unpaired) electrons. The Balaban J connectivity index is 1.48. The molecule has 2 aliphatic rings. The van der Waals surface area contributed by atoms with Crippen molar-refractivity contribution in [3.8, 4) is 5.75 Å². The lowest BCUT2D eigenvalue weighted by Gasteiger charge is -2.39. The molecule has 4 heteroatoms. The largest absolute Gasteiger partial charge is 0.497 e. The highest BCUT2D eigenvalue weighted by Gasteiger charge is 2.43. The fourth-order valence-electron chi connectivity index (χ4n) is 4.87. The molecule has 2 N–H and O–H groups in total. The Labute approximate surface area is 178 Å². The number of methoxy groups -OCH3 is 1. The van der Waals surface area contributed by atoms with Crippen LogP contribution in [-0.2, 0) is 6.54 Å². The molecule has 3 aromatic carbocycles. The van der Waals surface area contributed by atoms with Crippen LogP contribution in [0.15, 0.2) is 66.7 Å². The monoisotopic (exact) mass is 399 g/mol. The van der Waals surface area contributed by atoms with Crippen LogP contribution in [0, 0.1) is 19.8 Å². The summed E-state index contributed by atoms with van der Waals surface area (Å²) in [5.74, 6) is 1.36. The molecule has 2 aliphatic heterocycles. The van der Waals surface area contributed by atoms with Crippen LogP contribution in [0.25, 0.3) is 0 Å². The van der Waals surface area contributed by atoms with Gasteiger partial charge >= 0.3 is 0 Å². The first-order chi connectivity index (χ1) is 14.6. The summed E-state index contributed by atoms with van der Waals surface area (Å²) in [4.78, 5) is 2.54. The first-order valence-corrected chi connectivity index (χ1v) is 10.7. The quantitative estimate of drug-likeness (QED) is 0.658. The summed E-state index contributed by atoms with van der Waals surface area (Å²) < 4.78 is 5.33. The smallest absolute Gasteiger partial charge is 0.118 e. The molecular formula is C26H29N3O. The molecule has 154 valence electrons. The lowest BCUT2D eigenvalue weighted by Crippen LogP contribution is -2.39. The van der Waals surface area contributed by atoms with Crippen LogP contribution < -0.4 is 20.5 Å². The summed E-state index contributed by atoms with van der Waals surface area (Å²) in [5, 5.41) is 0. The Morgan fingerprint density at radius 1 is 0.867 bits per heavy atom. The van der Waals surface area contributed by atoms with Crippen molar-refractivity contribution in [3.05, 3.63) is 94.5 Å². The molecule has 3 aromatic rings. The Kier molecular flexibility index (Phi) is 4.97. The minimum absolute atomic E-state index is 0.294. The molecule has 0 aliphatic carbocycles. The van der Waals surface area contributed by atoms with E-state index in [2.05, 4.69) is 84.2 Å². The van der Waals surface area contributed by atoms with Crippen LogP contribution in [-0.4, -0.2) is 13.7 Å². The van der Waals surface area contributed by atoms with E-state index < -0.39 is 0 Å².